The van der Waals surface area contributed by atoms with Crippen LogP contribution in [-0.2, 0) is 4.79 Å². The second kappa shape index (κ2) is 7.72. The van der Waals surface area contributed by atoms with Crippen molar-refractivity contribution < 1.29 is 9.59 Å². The molecule has 0 saturated heterocycles. The Hall–Kier alpha value is -1.70. The van der Waals surface area contributed by atoms with Gasteiger partial charge in [-0.05, 0) is 25.7 Å². The predicted molar refractivity (Wildman–Crippen MR) is 88.5 cm³/mol. The van der Waals surface area contributed by atoms with Gasteiger partial charge in [0.05, 0.1) is 0 Å². The van der Waals surface area contributed by atoms with E-state index in [1.807, 2.05) is 0 Å². The standard InChI is InChI=1S/C15H23N5O2S/c21-12(18-15-20-19-13(23-15)10-6-7-10)8-9-16-14(22)17-11-4-2-1-3-5-11/h10-11H,1-9H2,(H2,16,17,22)(H,18,20,21). The van der Waals surface area contributed by atoms with Gasteiger partial charge in [0.2, 0.25) is 11.0 Å². The number of nitrogens with zero attached hydrogens (tertiary/aromatic N) is 2. The minimum Gasteiger partial charge on any atom is -0.338 e. The number of aromatic nitrogens is 2. The van der Waals surface area contributed by atoms with Crippen molar-refractivity contribution in [1.82, 2.24) is 20.8 Å². The molecule has 0 spiro atoms. The van der Waals surface area contributed by atoms with Gasteiger partial charge < -0.3 is 16.0 Å². The van der Waals surface area contributed by atoms with E-state index in [1.165, 1.54) is 43.4 Å². The first kappa shape index (κ1) is 16.2. The van der Waals surface area contributed by atoms with Gasteiger partial charge in [0.25, 0.3) is 0 Å². The quantitative estimate of drug-likeness (QED) is 0.742. The van der Waals surface area contributed by atoms with Gasteiger partial charge in [-0.3, -0.25) is 4.79 Å². The number of nitrogens with one attached hydrogen (secondary N) is 3. The lowest BCUT2D eigenvalue weighted by molar-refractivity contribution is -0.116. The van der Waals surface area contributed by atoms with E-state index < -0.39 is 0 Å². The molecule has 1 aromatic heterocycles. The van der Waals surface area contributed by atoms with Gasteiger partial charge in [-0.25, -0.2) is 4.79 Å². The first-order chi connectivity index (χ1) is 11.2. The number of anilines is 1. The fourth-order valence-corrected chi connectivity index (χ4v) is 3.66. The summed E-state index contributed by atoms with van der Waals surface area (Å²) in [5.41, 5.74) is 0. The van der Waals surface area contributed by atoms with Gasteiger partial charge in [0.15, 0.2) is 0 Å². The van der Waals surface area contributed by atoms with Crippen LogP contribution in [0.25, 0.3) is 0 Å². The van der Waals surface area contributed by atoms with E-state index in [4.69, 9.17) is 0 Å². The van der Waals surface area contributed by atoms with Crippen molar-refractivity contribution in [3.63, 3.8) is 0 Å². The first-order valence-electron chi connectivity index (χ1n) is 8.38. The Morgan fingerprint density at radius 3 is 2.61 bits per heavy atom. The van der Waals surface area contributed by atoms with Crippen LogP contribution in [0.1, 0.15) is 62.3 Å². The number of rotatable bonds is 6. The molecule has 0 bridgehead atoms. The second-order valence-corrected chi connectivity index (χ2v) is 7.26. The normalized spacial score (nSPS) is 18.4. The lowest BCUT2D eigenvalue weighted by Gasteiger charge is -2.22. The average Bonchev–Trinajstić information content (AvgIpc) is 3.29. The summed E-state index contributed by atoms with van der Waals surface area (Å²) >= 11 is 1.44. The molecule has 2 saturated carbocycles. The SMILES string of the molecule is O=C(CCNC(=O)NC1CCCCC1)Nc1nnc(C2CC2)s1. The number of hydrogen-bond acceptors (Lipinski definition) is 5. The molecule has 3 amide bonds. The Morgan fingerprint density at radius 1 is 1.09 bits per heavy atom. The third-order valence-electron chi connectivity index (χ3n) is 4.19. The van der Waals surface area contributed by atoms with E-state index in [9.17, 15) is 9.59 Å². The molecule has 1 heterocycles. The Kier molecular flexibility index (Phi) is 5.43. The Bertz CT molecular complexity index is 552. The highest BCUT2D eigenvalue weighted by atomic mass is 32.1. The monoisotopic (exact) mass is 337 g/mol. The zero-order valence-electron chi connectivity index (χ0n) is 13.1. The third-order valence-corrected chi connectivity index (χ3v) is 5.19. The lowest BCUT2D eigenvalue weighted by atomic mass is 9.96. The molecule has 3 N–H and O–H groups in total. The summed E-state index contributed by atoms with van der Waals surface area (Å²) in [4.78, 5) is 23.6. The summed E-state index contributed by atoms with van der Waals surface area (Å²) in [6.45, 7) is 0.318. The van der Waals surface area contributed by atoms with Gasteiger partial charge in [-0.15, -0.1) is 10.2 Å². The van der Waals surface area contributed by atoms with E-state index in [2.05, 4.69) is 26.1 Å². The summed E-state index contributed by atoms with van der Waals surface area (Å²) in [6.07, 6.45) is 8.29. The summed E-state index contributed by atoms with van der Waals surface area (Å²) < 4.78 is 0. The number of carbonyl (C=O) groups excluding carboxylic acids is 2. The molecule has 23 heavy (non-hydrogen) atoms. The minimum absolute atomic E-state index is 0.151. The minimum atomic E-state index is -0.184. The van der Waals surface area contributed by atoms with Crippen molar-refractivity contribution in [3.8, 4) is 0 Å². The molecule has 2 aliphatic rings. The molecule has 2 aliphatic carbocycles. The summed E-state index contributed by atoms with van der Waals surface area (Å²) in [5, 5.41) is 18.0. The fourth-order valence-electron chi connectivity index (χ4n) is 2.74. The van der Waals surface area contributed by atoms with Gasteiger partial charge in [-0.2, -0.15) is 0 Å². The zero-order valence-corrected chi connectivity index (χ0v) is 14.0. The van der Waals surface area contributed by atoms with E-state index >= 15 is 0 Å². The van der Waals surface area contributed by atoms with Crippen LogP contribution >= 0.6 is 11.3 Å². The van der Waals surface area contributed by atoms with Crippen molar-refractivity contribution in [1.29, 1.82) is 0 Å². The molecule has 0 aromatic carbocycles. The number of carbonyl (C=O) groups is 2. The average molecular weight is 337 g/mol. The molecule has 0 radical (unpaired) electrons. The van der Waals surface area contributed by atoms with Gasteiger partial charge in [-0.1, -0.05) is 30.6 Å². The van der Waals surface area contributed by atoms with Crippen molar-refractivity contribution >= 4 is 28.4 Å². The van der Waals surface area contributed by atoms with Crippen molar-refractivity contribution in [2.45, 2.75) is 63.3 Å². The molecule has 7 nitrogen and oxygen atoms in total. The maximum Gasteiger partial charge on any atom is 0.315 e. The van der Waals surface area contributed by atoms with Crippen LogP contribution in [0.15, 0.2) is 0 Å². The molecular formula is C15H23N5O2S. The zero-order chi connectivity index (χ0) is 16.1. The van der Waals surface area contributed by atoms with Crippen LogP contribution < -0.4 is 16.0 Å². The highest BCUT2D eigenvalue weighted by Gasteiger charge is 2.27. The van der Waals surface area contributed by atoms with Crippen LogP contribution in [0.3, 0.4) is 0 Å². The van der Waals surface area contributed by atoms with Crippen molar-refractivity contribution in [2.75, 3.05) is 11.9 Å². The summed E-state index contributed by atoms with van der Waals surface area (Å²) in [7, 11) is 0. The largest absolute Gasteiger partial charge is 0.338 e. The highest BCUT2D eigenvalue weighted by Crippen LogP contribution is 2.42. The Balaban J connectivity index is 1.31. The van der Waals surface area contributed by atoms with Gasteiger partial charge in [0, 0.05) is 24.9 Å². The maximum absolute atomic E-state index is 11.8. The smallest absolute Gasteiger partial charge is 0.315 e. The molecule has 0 unspecified atom stereocenters. The van der Waals surface area contributed by atoms with Crippen LogP contribution in [-0.4, -0.2) is 34.7 Å². The van der Waals surface area contributed by atoms with Crippen LogP contribution in [0, 0.1) is 0 Å². The molecule has 126 valence electrons. The van der Waals surface area contributed by atoms with Crippen molar-refractivity contribution in [3.05, 3.63) is 5.01 Å². The van der Waals surface area contributed by atoms with Crippen LogP contribution in [0.2, 0.25) is 0 Å². The van der Waals surface area contributed by atoms with Crippen molar-refractivity contribution in [2.24, 2.45) is 0 Å². The van der Waals surface area contributed by atoms with Gasteiger partial charge in [0.1, 0.15) is 5.01 Å². The van der Waals surface area contributed by atoms with E-state index in [0.29, 0.717) is 17.6 Å². The third kappa shape index (κ3) is 5.16. The number of urea groups is 1. The number of hydrogen-bond donors (Lipinski definition) is 3. The molecular weight excluding hydrogens is 314 g/mol. The summed E-state index contributed by atoms with van der Waals surface area (Å²) in [5.74, 6) is 0.393. The Morgan fingerprint density at radius 2 is 1.87 bits per heavy atom. The van der Waals surface area contributed by atoms with Crippen LogP contribution in [0.5, 0.6) is 0 Å². The fraction of sp³-hybridized carbons (Fsp3) is 0.733. The topological polar surface area (TPSA) is 96.0 Å². The maximum atomic E-state index is 11.8. The highest BCUT2D eigenvalue weighted by molar-refractivity contribution is 7.15. The molecule has 8 heteroatoms. The molecule has 2 fully saturated rings. The molecule has 0 atom stereocenters. The van der Waals surface area contributed by atoms with E-state index in [1.54, 1.807) is 0 Å². The van der Waals surface area contributed by atoms with E-state index in [0.717, 1.165) is 17.8 Å². The molecule has 3 rings (SSSR count). The van der Waals surface area contributed by atoms with Crippen LogP contribution in [0.4, 0.5) is 9.93 Å². The number of amides is 3. The first-order valence-corrected chi connectivity index (χ1v) is 9.20. The molecule has 0 aliphatic heterocycles. The predicted octanol–water partition coefficient (Wildman–Crippen LogP) is 2.38. The second-order valence-electron chi connectivity index (χ2n) is 6.25. The van der Waals surface area contributed by atoms with E-state index in [-0.39, 0.29) is 24.4 Å². The Labute approximate surface area is 139 Å². The molecule has 1 aromatic rings. The lowest BCUT2D eigenvalue weighted by Crippen LogP contribution is -2.43. The van der Waals surface area contributed by atoms with Gasteiger partial charge >= 0.3 is 6.03 Å². The summed E-state index contributed by atoms with van der Waals surface area (Å²) in [6, 6.07) is 0.0939.